The molecule has 5 amide bonds. The predicted molar refractivity (Wildman–Crippen MR) is 360 cm³/mol. The topological polar surface area (TPSA) is 123 Å². The lowest BCUT2D eigenvalue weighted by atomic mass is 9.70. The number of carbonyl (C=O) groups is 3. The zero-order chi connectivity index (χ0) is 64.5. The van der Waals surface area contributed by atoms with E-state index in [1.165, 1.54) is 5.56 Å². The van der Waals surface area contributed by atoms with Crippen LogP contribution in [0.25, 0.3) is 0 Å². The average molecular weight is 1270 g/mol. The SMILES string of the molecule is CCOc1cc(C(C)(C)C)ccc1C1=N[C@@](C)(c2ccc(C)cc2)[C@@](C)(c2ccc(Cl)cc2)N1C(=O)N1CCN(C(C)(C)C)CC1.COc1ccc(C2=N[C@@H](c3ccc(Cl)cc3)[C@@H](c3ccc(Cl)cc3)N2C(=O)N2CCN(C(C)C)C(=O)C2)c(OC(C)C)c1. The fraction of sp³-hybridized carbons (Fsp3) is 0.431. The third kappa shape index (κ3) is 13.8. The number of aliphatic imine (C=N–C) groups is 2. The highest BCUT2D eigenvalue weighted by molar-refractivity contribution is 6.31. The Kier molecular flexibility index (Phi) is 19.9. The van der Waals surface area contributed by atoms with Gasteiger partial charge in [-0.2, -0.15) is 0 Å². The summed E-state index contributed by atoms with van der Waals surface area (Å²) in [5.74, 6) is 2.87. The van der Waals surface area contributed by atoms with E-state index in [0.29, 0.717) is 76.6 Å². The number of nitrogens with zero attached hydrogens (tertiary/aromatic N) is 8. The highest BCUT2D eigenvalue weighted by Crippen LogP contribution is 2.54. The van der Waals surface area contributed by atoms with Crippen molar-refractivity contribution in [1.82, 2.24) is 29.4 Å². The monoisotopic (exact) mass is 1260 g/mol. The fourth-order valence-electron chi connectivity index (χ4n) is 12.4. The smallest absolute Gasteiger partial charge is 0.326 e. The number of benzene rings is 6. The van der Waals surface area contributed by atoms with Gasteiger partial charge in [-0.1, -0.05) is 128 Å². The predicted octanol–water partition coefficient (Wildman–Crippen LogP) is 15.8. The lowest BCUT2D eigenvalue weighted by molar-refractivity contribution is -0.136. The maximum atomic E-state index is 15.2. The van der Waals surface area contributed by atoms with Crippen LogP contribution < -0.4 is 14.2 Å². The number of methoxy groups -OCH3 is 1. The summed E-state index contributed by atoms with van der Waals surface area (Å²) in [4.78, 5) is 65.2. The molecule has 2 fully saturated rings. The van der Waals surface area contributed by atoms with E-state index in [1.54, 1.807) is 27.9 Å². The number of aryl methyl sites for hydroxylation is 1. The van der Waals surface area contributed by atoms with Crippen LogP contribution in [0.1, 0.15) is 147 Å². The Morgan fingerprint density at radius 1 is 0.652 bits per heavy atom. The molecule has 6 aromatic carbocycles. The zero-order valence-corrected chi connectivity index (χ0v) is 56.6. The van der Waals surface area contributed by atoms with Crippen LogP contribution in [0.5, 0.6) is 17.2 Å². The van der Waals surface area contributed by atoms with Gasteiger partial charge in [0.25, 0.3) is 0 Å². The number of hydrogen-bond acceptors (Lipinski definition) is 9. The van der Waals surface area contributed by atoms with Crippen molar-refractivity contribution < 1.29 is 28.6 Å². The standard InChI is InChI=1S/C39H51ClN4O2.C33H36Cl2N4O4/c1-11-46-33-26-30(36(3,4)5)18-21-32(33)34-41-38(9,28-14-12-27(2)13-15-28)39(10,29-16-19-31(40)20-17-29)44(34)35(45)42-22-24-43(25-23-42)37(6,7)8;1-20(2)38-17-16-37(19-29(38)40)33(41)39-31(23-8-12-25(35)13-9-23)30(22-6-10-24(34)11-7-22)36-32(39)27-15-14-26(42-5)18-28(27)43-21(3)4/h12-21,26H,11,22-25H2,1-10H3;6-15,18,20-21,30-31H,16-17,19H2,1-5H3/t38-,39+;30-,31+/m00/s1. The molecule has 0 aliphatic carbocycles. The van der Waals surface area contributed by atoms with Crippen LogP contribution in [0.15, 0.2) is 143 Å². The second-order valence-electron chi connectivity index (χ2n) is 26.3. The van der Waals surface area contributed by atoms with Crippen molar-refractivity contribution in [3.63, 3.8) is 0 Å². The molecule has 89 heavy (non-hydrogen) atoms. The molecule has 0 radical (unpaired) electrons. The molecule has 0 N–H and O–H groups in total. The van der Waals surface area contributed by atoms with Crippen LogP contribution >= 0.6 is 34.8 Å². The summed E-state index contributed by atoms with van der Waals surface area (Å²) in [7, 11) is 1.60. The second-order valence-corrected chi connectivity index (χ2v) is 27.6. The Hall–Kier alpha value is -7.10. The number of rotatable bonds is 12. The van der Waals surface area contributed by atoms with E-state index in [9.17, 15) is 9.59 Å². The van der Waals surface area contributed by atoms with Crippen LogP contribution in [0.2, 0.25) is 15.1 Å². The third-order valence-corrected chi connectivity index (χ3v) is 18.4. The van der Waals surface area contributed by atoms with E-state index in [2.05, 4.69) is 110 Å². The summed E-state index contributed by atoms with van der Waals surface area (Å²) >= 11 is 19.0. The number of halogens is 3. The highest BCUT2D eigenvalue weighted by atomic mass is 35.5. The average Bonchev–Trinajstić information content (AvgIpc) is 1.57. The maximum absolute atomic E-state index is 15.2. The molecule has 0 spiro atoms. The van der Waals surface area contributed by atoms with Crippen LogP contribution in [0, 0.1) is 6.92 Å². The molecule has 0 saturated carbocycles. The van der Waals surface area contributed by atoms with E-state index >= 15 is 4.79 Å². The van der Waals surface area contributed by atoms with Gasteiger partial charge < -0.3 is 28.9 Å². The van der Waals surface area contributed by atoms with Gasteiger partial charge >= 0.3 is 12.1 Å². The minimum atomic E-state index is -0.896. The molecule has 14 nitrogen and oxygen atoms in total. The largest absolute Gasteiger partial charge is 0.497 e. The third-order valence-electron chi connectivity index (χ3n) is 17.7. The Labute approximate surface area is 542 Å². The summed E-state index contributed by atoms with van der Waals surface area (Å²) in [5.41, 5.74) is 5.76. The molecular formula is C72H87Cl3N8O6. The number of amidine groups is 2. The quantitative estimate of drug-likeness (QED) is 0.120. The van der Waals surface area contributed by atoms with Crippen molar-refractivity contribution in [2.75, 3.05) is 59.5 Å². The minimum absolute atomic E-state index is 0.0162. The first-order valence-electron chi connectivity index (χ1n) is 30.9. The van der Waals surface area contributed by atoms with Crippen molar-refractivity contribution in [1.29, 1.82) is 0 Å². The van der Waals surface area contributed by atoms with Gasteiger partial charge in [0.15, 0.2) is 0 Å². The van der Waals surface area contributed by atoms with E-state index < -0.39 is 23.2 Å². The number of carbonyl (C=O) groups excluding carboxylic acids is 3. The summed E-state index contributed by atoms with van der Waals surface area (Å²) < 4.78 is 18.1. The summed E-state index contributed by atoms with van der Waals surface area (Å²) in [6.45, 7) is 33.8. The van der Waals surface area contributed by atoms with Crippen molar-refractivity contribution in [2.45, 2.75) is 143 Å². The number of ether oxygens (including phenoxy) is 3. The van der Waals surface area contributed by atoms with E-state index in [1.807, 2.05) is 129 Å². The van der Waals surface area contributed by atoms with Crippen LogP contribution in [0.4, 0.5) is 9.59 Å². The lowest BCUT2D eigenvalue weighted by Gasteiger charge is -2.48. The summed E-state index contributed by atoms with van der Waals surface area (Å²) in [6, 6.07) is 41.9. The van der Waals surface area contributed by atoms with Gasteiger partial charge in [0.2, 0.25) is 5.91 Å². The van der Waals surface area contributed by atoms with Gasteiger partial charge in [-0.05, 0) is 170 Å². The van der Waals surface area contributed by atoms with E-state index in [-0.39, 0.29) is 47.6 Å². The molecule has 17 heteroatoms. The first-order chi connectivity index (χ1) is 42.1. The molecule has 0 bridgehead atoms. The molecule has 0 unspecified atom stereocenters. The molecule has 4 heterocycles. The fourth-order valence-corrected chi connectivity index (χ4v) is 12.8. The molecule has 0 aromatic heterocycles. The molecule has 6 aromatic rings. The molecule has 4 atom stereocenters. The normalized spacial score (nSPS) is 20.8. The number of hydrogen-bond donors (Lipinski definition) is 0. The highest BCUT2D eigenvalue weighted by Gasteiger charge is 2.60. The van der Waals surface area contributed by atoms with Crippen LogP contribution in [-0.4, -0.2) is 136 Å². The minimum Gasteiger partial charge on any atom is -0.497 e. The Balaban J connectivity index is 0.000000212. The first-order valence-corrected chi connectivity index (χ1v) is 32.1. The van der Waals surface area contributed by atoms with Crippen LogP contribution in [-0.2, 0) is 21.3 Å². The van der Waals surface area contributed by atoms with Crippen molar-refractivity contribution in [3.05, 3.63) is 193 Å². The van der Waals surface area contributed by atoms with Crippen molar-refractivity contribution in [3.8, 4) is 17.2 Å². The zero-order valence-electron chi connectivity index (χ0n) is 54.3. The molecule has 2 saturated heterocycles. The first kappa shape index (κ1) is 66.3. The Bertz CT molecular complexity index is 3570. The maximum Gasteiger partial charge on any atom is 0.326 e. The van der Waals surface area contributed by atoms with Crippen molar-refractivity contribution in [2.24, 2.45) is 9.98 Å². The van der Waals surface area contributed by atoms with Gasteiger partial charge in [-0.3, -0.25) is 29.5 Å². The Morgan fingerprint density at radius 2 is 1.20 bits per heavy atom. The molecule has 4 aliphatic rings. The van der Waals surface area contributed by atoms with Crippen molar-refractivity contribution >= 4 is 64.4 Å². The van der Waals surface area contributed by atoms with E-state index in [0.717, 1.165) is 52.2 Å². The Morgan fingerprint density at radius 3 is 1.74 bits per heavy atom. The summed E-state index contributed by atoms with van der Waals surface area (Å²) in [6.07, 6.45) is -0.141. The van der Waals surface area contributed by atoms with Gasteiger partial charge in [-0.15, -0.1) is 0 Å². The number of piperazine rings is 2. The van der Waals surface area contributed by atoms with Gasteiger partial charge in [-0.25, -0.2) is 9.59 Å². The molecule has 4 aliphatic heterocycles. The summed E-state index contributed by atoms with van der Waals surface area (Å²) in [5, 5.41) is 1.84. The number of urea groups is 2. The molecule has 472 valence electrons. The molecule has 10 rings (SSSR count). The van der Waals surface area contributed by atoms with Gasteiger partial charge in [0, 0.05) is 72.0 Å². The lowest BCUT2D eigenvalue weighted by Crippen LogP contribution is -2.62. The van der Waals surface area contributed by atoms with Crippen LogP contribution in [0.3, 0.4) is 0 Å². The van der Waals surface area contributed by atoms with Gasteiger partial charge in [0.05, 0.1) is 37.0 Å². The molecular weight excluding hydrogens is 1180 g/mol. The van der Waals surface area contributed by atoms with Gasteiger partial charge in [0.1, 0.15) is 52.6 Å². The number of amides is 5. The van der Waals surface area contributed by atoms with E-state index in [4.69, 9.17) is 59.0 Å². The second kappa shape index (κ2) is 26.8.